The van der Waals surface area contributed by atoms with Crippen LogP contribution in [0.1, 0.15) is 24.1 Å². The Morgan fingerprint density at radius 3 is 2.77 bits per heavy atom. The van der Waals surface area contributed by atoms with E-state index < -0.39 is 0 Å². The third-order valence-corrected chi connectivity index (χ3v) is 6.19. The molecule has 1 saturated heterocycles. The van der Waals surface area contributed by atoms with Gasteiger partial charge in [-0.2, -0.15) is 0 Å². The average molecular weight is 372 g/mol. The first-order valence-electron chi connectivity index (χ1n) is 9.12. The van der Waals surface area contributed by atoms with Crippen molar-refractivity contribution in [2.75, 3.05) is 44.2 Å². The zero-order chi connectivity index (χ0) is 18.1. The van der Waals surface area contributed by atoms with Gasteiger partial charge in [-0.05, 0) is 25.7 Å². The molecule has 4 heterocycles. The van der Waals surface area contributed by atoms with E-state index in [0.29, 0.717) is 6.42 Å². The molecule has 0 bridgehead atoms. The summed E-state index contributed by atoms with van der Waals surface area (Å²) in [7, 11) is 0. The van der Waals surface area contributed by atoms with Crippen molar-refractivity contribution >= 4 is 28.7 Å². The van der Waals surface area contributed by atoms with E-state index >= 15 is 0 Å². The summed E-state index contributed by atoms with van der Waals surface area (Å²) in [5.74, 6) is 1.20. The van der Waals surface area contributed by atoms with Crippen LogP contribution >= 0.6 is 11.8 Å². The molecular formula is C18H24N6OS. The number of carbonyl (C=O) groups excluding carboxylic acids is 1. The van der Waals surface area contributed by atoms with Crippen LogP contribution in [0.5, 0.6) is 0 Å². The van der Waals surface area contributed by atoms with E-state index in [9.17, 15) is 4.79 Å². The topological polar surface area (TPSA) is 64.9 Å². The molecule has 0 aliphatic carbocycles. The fourth-order valence-corrected chi connectivity index (χ4v) is 4.51. The number of anilines is 1. The number of amidine groups is 1. The van der Waals surface area contributed by atoms with Gasteiger partial charge in [0.2, 0.25) is 5.91 Å². The molecule has 8 heteroatoms. The van der Waals surface area contributed by atoms with Gasteiger partial charge in [-0.3, -0.25) is 9.79 Å². The van der Waals surface area contributed by atoms with Gasteiger partial charge in [-0.1, -0.05) is 11.8 Å². The van der Waals surface area contributed by atoms with Gasteiger partial charge in [0.1, 0.15) is 12.1 Å². The van der Waals surface area contributed by atoms with Crippen molar-refractivity contribution in [3.05, 3.63) is 28.7 Å². The van der Waals surface area contributed by atoms with Crippen molar-refractivity contribution in [2.24, 2.45) is 4.99 Å². The predicted molar refractivity (Wildman–Crippen MR) is 104 cm³/mol. The zero-order valence-corrected chi connectivity index (χ0v) is 16.1. The van der Waals surface area contributed by atoms with E-state index in [1.165, 1.54) is 0 Å². The lowest BCUT2D eigenvalue weighted by Crippen LogP contribution is -2.49. The van der Waals surface area contributed by atoms with E-state index in [1.807, 2.05) is 11.8 Å². The minimum absolute atomic E-state index is 0.207. The lowest BCUT2D eigenvalue weighted by molar-refractivity contribution is -0.130. The van der Waals surface area contributed by atoms with Crippen molar-refractivity contribution in [1.29, 1.82) is 0 Å². The summed E-state index contributed by atoms with van der Waals surface area (Å²) in [4.78, 5) is 32.4. The van der Waals surface area contributed by atoms with Gasteiger partial charge >= 0.3 is 0 Å². The molecule has 7 nitrogen and oxygen atoms in total. The summed E-state index contributed by atoms with van der Waals surface area (Å²) >= 11 is 1.64. The van der Waals surface area contributed by atoms with Crippen LogP contribution in [0, 0.1) is 13.8 Å². The predicted octanol–water partition coefficient (Wildman–Crippen LogP) is 1.78. The third-order valence-electron chi connectivity index (χ3n) is 5.24. The van der Waals surface area contributed by atoms with Crippen LogP contribution in [-0.2, 0) is 4.79 Å². The minimum Gasteiger partial charge on any atom is -0.353 e. The second-order valence-corrected chi connectivity index (χ2v) is 7.69. The van der Waals surface area contributed by atoms with Crippen LogP contribution in [0.2, 0.25) is 0 Å². The maximum absolute atomic E-state index is 12.8. The third kappa shape index (κ3) is 3.30. The normalized spacial score (nSPS) is 20.0. The molecule has 1 aromatic rings. The van der Waals surface area contributed by atoms with E-state index in [0.717, 1.165) is 73.6 Å². The van der Waals surface area contributed by atoms with Crippen LogP contribution < -0.4 is 4.90 Å². The van der Waals surface area contributed by atoms with Gasteiger partial charge in [0, 0.05) is 56.2 Å². The number of piperazine rings is 1. The van der Waals surface area contributed by atoms with E-state index in [2.05, 4.69) is 37.1 Å². The van der Waals surface area contributed by atoms with E-state index in [-0.39, 0.29) is 5.91 Å². The molecule has 0 radical (unpaired) electrons. The monoisotopic (exact) mass is 372 g/mol. The largest absolute Gasteiger partial charge is 0.353 e. The molecule has 3 aliphatic rings. The maximum atomic E-state index is 12.8. The Morgan fingerprint density at radius 1 is 1.15 bits per heavy atom. The Bertz CT molecular complexity index is 769. The number of nitrogens with zero attached hydrogens (tertiary/aromatic N) is 6. The molecule has 1 amide bonds. The van der Waals surface area contributed by atoms with Crippen LogP contribution in [-0.4, -0.2) is 70.1 Å². The Morgan fingerprint density at radius 2 is 1.96 bits per heavy atom. The second-order valence-electron chi connectivity index (χ2n) is 6.85. The number of carbonyl (C=O) groups is 1. The molecule has 1 aromatic heterocycles. The molecular weight excluding hydrogens is 348 g/mol. The fourth-order valence-electron chi connectivity index (χ4n) is 3.55. The number of amides is 1. The van der Waals surface area contributed by atoms with Gasteiger partial charge < -0.3 is 14.7 Å². The van der Waals surface area contributed by atoms with Crippen LogP contribution in [0.3, 0.4) is 0 Å². The first-order chi connectivity index (χ1) is 12.6. The Balaban J connectivity index is 1.35. The first kappa shape index (κ1) is 17.3. The van der Waals surface area contributed by atoms with Gasteiger partial charge in [-0.25, -0.2) is 9.97 Å². The quantitative estimate of drug-likeness (QED) is 0.806. The molecule has 0 unspecified atom stereocenters. The molecule has 138 valence electrons. The number of aliphatic imine (C=N–C) groups is 1. The summed E-state index contributed by atoms with van der Waals surface area (Å²) < 4.78 is 0. The van der Waals surface area contributed by atoms with Gasteiger partial charge in [0.25, 0.3) is 0 Å². The lowest BCUT2D eigenvalue weighted by atomic mass is 10.2. The SMILES string of the molecule is Cc1ncnc(N2CCN(C(=O)CC3=CSC4=NCCCN34)CC2)c1C. The number of rotatable bonds is 3. The Kier molecular flexibility index (Phi) is 4.84. The standard InChI is InChI=1S/C18H24N6OS/c1-13-14(2)20-12-21-17(13)23-8-6-22(7-9-23)16(25)10-15-11-26-18-19-4-3-5-24(15)18/h11-12H,3-10H2,1-2H3. The van der Waals surface area contributed by atoms with Crippen molar-refractivity contribution in [3.63, 3.8) is 0 Å². The molecule has 26 heavy (non-hydrogen) atoms. The van der Waals surface area contributed by atoms with Crippen molar-refractivity contribution in [2.45, 2.75) is 26.7 Å². The summed E-state index contributed by atoms with van der Waals surface area (Å²) in [6, 6.07) is 0. The summed E-state index contributed by atoms with van der Waals surface area (Å²) in [6.07, 6.45) is 3.15. The van der Waals surface area contributed by atoms with Gasteiger partial charge in [-0.15, -0.1) is 0 Å². The molecule has 4 rings (SSSR count). The maximum Gasteiger partial charge on any atom is 0.228 e. The molecule has 0 spiro atoms. The van der Waals surface area contributed by atoms with Crippen molar-refractivity contribution in [1.82, 2.24) is 19.8 Å². The number of aryl methyl sites for hydroxylation is 1. The molecule has 1 fully saturated rings. The second kappa shape index (κ2) is 7.26. The Hall–Kier alpha value is -2.09. The highest BCUT2D eigenvalue weighted by atomic mass is 32.2. The van der Waals surface area contributed by atoms with Gasteiger partial charge in [0.15, 0.2) is 5.17 Å². The van der Waals surface area contributed by atoms with Crippen molar-refractivity contribution < 1.29 is 4.79 Å². The number of hydrogen-bond acceptors (Lipinski definition) is 7. The Labute approximate surface area is 158 Å². The highest BCUT2D eigenvalue weighted by molar-refractivity contribution is 8.16. The number of fused-ring (bicyclic) bond motifs is 1. The fraction of sp³-hybridized carbons (Fsp3) is 0.556. The number of aromatic nitrogens is 2. The van der Waals surface area contributed by atoms with Crippen LogP contribution in [0.25, 0.3) is 0 Å². The molecule has 0 saturated carbocycles. The van der Waals surface area contributed by atoms with Crippen LogP contribution in [0.4, 0.5) is 5.82 Å². The summed E-state index contributed by atoms with van der Waals surface area (Å²) in [5, 5.41) is 3.14. The minimum atomic E-state index is 0.207. The van der Waals surface area contributed by atoms with E-state index in [1.54, 1.807) is 18.1 Å². The van der Waals surface area contributed by atoms with E-state index in [4.69, 9.17) is 0 Å². The van der Waals surface area contributed by atoms with Crippen LogP contribution in [0.15, 0.2) is 22.4 Å². The number of hydrogen-bond donors (Lipinski definition) is 0. The summed E-state index contributed by atoms with van der Waals surface area (Å²) in [6.45, 7) is 9.05. The molecule has 0 aromatic carbocycles. The first-order valence-corrected chi connectivity index (χ1v) is 10.00. The van der Waals surface area contributed by atoms with Crippen molar-refractivity contribution in [3.8, 4) is 0 Å². The number of thioether (sulfide) groups is 1. The summed E-state index contributed by atoms with van der Waals surface area (Å²) in [5.41, 5.74) is 3.23. The van der Waals surface area contributed by atoms with Gasteiger partial charge in [0.05, 0.1) is 6.42 Å². The average Bonchev–Trinajstić information content (AvgIpc) is 3.07. The highest BCUT2D eigenvalue weighted by Crippen LogP contribution is 2.31. The molecule has 0 N–H and O–H groups in total. The zero-order valence-electron chi connectivity index (χ0n) is 15.3. The smallest absolute Gasteiger partial charge is 0.228 e. The lowest BCUT2D eigenvalue weighted by Gasteiger charge is -2.36. The molecule has 0 atom stereocenters. The molecule has 3 aliphatic heterocycles. The highest BCUT2D eigenvalue weighted by Gasteiger charge is 2.29.